The van der Waals surface area contributed by atoms with Crippen LogP contribution in [0.15, 0.2) is 18.2 Å². The summed E-state index contributed by atoms with van der Waals surface area (Å²) >= 11 is 11.8. The zero-order valence-electron chi connectivity index (χ0n) is 9.54. The predicted octanol–water partition coefficient (Wildman–Crippen LogP) is 3.18. The lowest BCUT2D eigenvalue weighted by molar-refractivity contribution is 0.0953. The van der Waals surface area contributed by atoms with Crippen LogP contribution in [0.3, 0.4) is 0 Å². The molecule has 94 valence electrons. The molecule has 0 bridgehead atoms. The number of carbonyl (C=O) groups excluding carboxylic acids is 1. The molecule has 0 saturated heterocycles. The molecule has 1 amide bonds. The van der Waals surface area contributed by atoms with Crippen molar-refractivity contribution in [3.63, 3.8) is 0 Å². The van der Waals surface area contributed by atoms with Gasteiger partial charge in [0.15, 0.2) is 0 Å². The van der Waals surface area contributed by atoms with Crippen molar-refractivity contribution < 1.29 is 9.90 Å². The number of benzene rings is 1. The molecular formula is C12H15Cl2NO2. The van der Waals surface area contributed by atoms with Crippen LogP contribution in [-0.4, -0.2) is 22.9 Å². The lowest BCUT2D eigenvalue weighted by Gasteiger charge is -2.09. The molecule has 17 heavy (non-hydrogen) atoms. The Bertz CT molecular complexity index is 396. The van der Waals surface area contributed by atoms with Crippen molar-refractivity contribution in [2.75, 3.05) is 6.54 Å². The van der Waals surface area contributed by atoms with Crippen LogP contribution in [0.4, 0.5) is 0 Å². The average molecular weight is 276 g/mol. The van der Waals surface area contributed by atoms with E-state index in [2.05, 4.69) is 5.32 Å². The van der Waals surface area contributed by atoms with Gasteiger partial charge in [0, 0.05) is 11.9 Å². The first kappa shape index (κ1) is 14.1. The van der Waals surface area contributed by atoms with Gasteiger partial charge in [-0.2, -0.15) is 0 Å². The second-order valence-corrected chi connectivity index (χ2v) is 4.74. The summed E-state index contributed by atoms with van der Waals surface area (Å²) in [5.41, 5.74) is 0.272. The number of rotatable bonds is 5. The van der Waals surface area contributed by atoms with Gasteiger partial charge in [-0.25, -0.2) is 0 Å². The Balaban J connectivity index is 2.55. The number of phenols is 1. The highest BCUT2D eigenvalue weighted by molar-refractivity contribution is 6.33. The van der Waals surface area contributed by atoms with E-state index in [-0.39, 0.29) is 22.6 Å². The molecular weight excluding hydrogens is 261 g/mol. The molecule has 0 heterocycles. The number of nitrogens with one attached hydrogen (secondary N) is 1. The van der Waals surface area contributed by atoms with Crippen LogP contribution in [0, 0.1) is 0 Å². The molecule has 1 aromatic rings. The first-order valence-corrected chi connectivity index (χ1v) is 6.26. The number of carbonyl (C=O) groups is 1. The Hall–Kier alpha value is -0.930. The van der Waals surface area contributed by atoms with Gasteiger partial charge >= 0.3 is 0 Å². The molecule has 1 rings (SSSR count). The quantitative estimate of drug-likeness (QED) is 0.811. The van der Waals surface area contributed by atoms with Crippen LogP contribution in [0.5, 0.6) is 5.75 Å². The van der Waals surface area contributed by atoms with Gasteiger partial charge in [-0.3, -0.25) is 4.79 Å². The number of alkyl halides is 1. The van der Waals surface area contributed by atoms with Gasteiger partial charge in [0.05, 0.1) is 10.6 Å². The highest BCUT2D eigenvalue weighted by Gasteiger charge is 2.11. The zero-order chi connectivity index (χ0) is 12.8. The monoisotopic (exact) mass is 275 g/mol. The Morgan fingerprint density at radius 2 is 2.24 bits per heavy atom. The van der Waals surface area contributed by atoms with E-state index in [0.29, 0.717) is 18.0 Å². The lowest BCUT2D eigenvalue weighted by Crippen LogP contribution is -2.26. The Labute approximate surface area is 111 Å². The first-order valence-electron chi connectivity index (χ1n) is 5.45. The largest absolute Gasteiger partial charge is 0.508 e. The third-order valence-electron chi connectivity index (χ3n) is 2.38. The third kappa shape index (κ3) is 4.44. The van der Waals surface area contributed by atoms with Gasteiger partial charge in [0.2, 0.25) is 0 Å². The van der Waals surface area contributed by atoms with E-state index in [0.717, 1.165) is 6.42 Å². The van der Waals surface area contributed by atoms with Crippen molar-refractivity contribution in [2.45, 2.75) is 25.1 Å². The molecule has 0 fully saturated rings. The van der Waals surface area contributed by atoms with Crippen molar-refractivity contribution in [1.82, 2.24) is 5.32 Å². The zero-order valence-corrected chi connectivity index (χ0v) is 11.1. The van der Waals surface area contributed by atoms with Crippen LogP contribution in [-0.2, 0) is 0 Å². The number of halogens is 2. The van der Waals surface area contributed by atoms with E-state index in [1.165, 1.54) is 18.2 Å². The maximum Gasteiger partial charge on any atom is 0.252 e. The summed E-state index contributed by atoms with van der Waals surface area (Å²) in [6.07, 6.45) is 1.57. The molecule has 0 aliphatic heterocycles. The van der Waals surface area contributed by atoms with Crippen LogP contribution >= 0.6 is 23.2 Å². The minimum atomic E-state index is -0.300. The van der Waals surface area contributed by atoms with E-state index in [4.69, 9.17) is 23.2 Å². The smallest absolute Gasteiger partial charge is 0.252 e. The summed E-state index contributed by atoms with van der Waals surface area (Å²) in [5.74, 6) is -0.283. The van der Waals surface area contributed by atoms with E-state index in [1.807, 2.05) is 6.92 Å². The van der Waals surface area contributed by atoms with Crippen molar-refractivity contribution in [1.29, 1.82) is 0 Å². The van der Waals surface area contributed by atoms with E-state index >= 15 is 0 Å². The van der Waals surface area contributed by atoms with Gasteiger partial charge in [-0.15, -0.1) is 11.6 Å². The second-order valence-electron chi connectivity index (χ2n) is 3.71. The molecule has 3 nitrogen and oxygen atoms in total. The Morgan fingerprint density at radius 1 is 1.53 bits per heavy atom. The van der Waals surface area contributed by atoms with E-state index in [1.54, 1.807) is 0 Å². The van der Waals surface area contributed by atoms with Crippen LogP contribution in [0.25, 0.3) is 0 Å². The number of amides is 1. The number of phenolic OH excluding ortho intramolecular Hbond substituents is 1. The first-order chi connectivity index (χ1) is 8.04. The second kappa shape index (κ2) is 6.72. The van der Waals surface area contributed by atoms with Crippen molar-refractivity contribution >= 4 is 29.1 Å². The fourth-order valence-corrected chi connectivity index (χ4v) is 1.64. The van der Waals surface area contributed by atoms with Crippen molar-refractivity contribution in [2.24, 2.45) is 0 Å². The fourth-order valence-electron chi connectivity index (χ4n) is 1.33. The fraction of sp³-hybridized carbons (Fsp3) is 0.417. The molecule has 1 atom stereocenters. The number of hydrogen-bond acceptors (Lipinski definition) is 2. The van der Waals surface area contributed by atoms with Gasteiger partial charge in [0.1, 0.15) is 5.75 Å². The standard InChI is InChI=1S/C12H15Cl2NO2/c1-2-8(13)5-6-15-12(17)10-7-9(16)3-4-11(10)14/h3-4,7-8,16H,2,5-6H2,1H3,(H,15,17). The molecule has 1 unspecified atom stereocenters. The summed E-state index contributed by atoms with van der Waals surface area (Å²) < 4.78 is 0. The lowest BCUT2D eigenvalue weighted by atomic mass is 10.2. The number of hydrogen-bond donors (Lipinski definition) is 2. The van der Waals surface area contributed by atoms with E-state index < -0.39 is 0 Å². The van der Waals surface area contributed by atoms with Crippen LogP contribution in [0.1, 0.15) is 30.1 Å². The maximum atomic E-state index is 11.7. The van der Waals surface area contributed by atoms with Crippen molar-refractivity contribution in [3.8, 4) is 5.75 Å². The molecule has 5 heteroatoms. The normalized spacial score (nSPS) is 12.2. The summed E-state index contributed by atoms with van der Waals surface area (Å²) in [7, 11) is 0. The van der Waals surface area contributed by atoms with Gasteiger partial charge < -0.3 is 10.4 Å². The third-order valence-corrected chi connectivity index (χ3v) is 3.24. The van der Waals surface area contributed by atoms with E-state index in [9.17, 15) is 9.90 Å². The molecule has 0 spiro atoms. The molecule has 1 aromatic carbocycles. The minimum absolute atomic E-state index is 0.0170. The highest BCUT2D eigenvalue weighted by Crippen LogP contribution is 2.20. The average Bonchev–Trinajstić information content (AvgIpc) is 2.31. The predicted molar refractivity (Wildman–Crippen MR) is 70.0 cm³/mol. The summed E-state index contributed by atoms with van der Waals surface area (Å²) in [6, 6.07) is 4.27. The maximum absolute atomic E-state index is 11.7. The molecule has 2 N–H and O–H groups in total. The molecule has 0 radical (unpaired) electrons. The van der Waals surface area contributed by atoms with Crippen molar-refractivity contribution in [3.05, 3.63) is 28.8 Å². The summed E-state index contributed by atoms with van der Waals surface area (Å²) in [6.45, 7) is 2.48. The Morgan fingerprint density at radius 3 is 2.88 bits per heavy atom. The van der Waals surface area contributed by atoms with Gasteiger partial charge in [0.25, 0.3) is 5.91 Å². The highest BCUT2D eigenvalue weighted by atomic mass is 35.5. The SMILES string of the molecule is CCC(Cl)CCNC(=O)c1cc(O)ccc1Cl. The topological polar surface area (TPSA) is 49.3 Å². The minimum Gasteiger partial charge on any atom is -0.508 e. The van der Waals surface area contributed by atoms with Crippen LogP contribution in [0.2, 0.25) is 5.02 Å². The molecule has 0 aromatic heterocycles. The Kier molecular flexibility index (Phi) is 5.59. The van der Waals surface area contributed by atoms with Gasteiger partial charge in [-0.05, 0) is 31.0 Å². The number of aromatic hydroxyl groups is 1. The molecule has 0 aliphatic rings. The van der Waals surface area contributed by atoms with Crippen LogP contribution < -0.4 is 5.32 Å². The molecule has 0 saturated carbocycles. The van der Waals surface area contributed by atoms with Gasteiger partial charge in [-0.1, -0.05) is 18.5 Å². The molecule has 0 aliphatic carbocycles. The summed E-state index contributed by atoms with van der Waals surface area (Å²) in [4.78, 5) is 11.7. The summed E-state index contributed by atoms with van der Waals surface area (Å²) in [5, 5.41) is 12.4.